The third-order valence-corrected chi connectivity index (χ3v) is 2.07. The molecule has 0 aliphatic rings. The number of pyridine rings is 1. The van der Waals surface area contributed by atoms with E-state index < -0.39 is 6.61 Å². The highest BCUT2D eigenvalue weighted by Gasteiger charge is 2.15. The Labute approximate surface area is 93.3 Å². The van der Waals surface area contributed by atoms with Crippen molar-refractivity contribution in [1.82, 2.24) is 4.98 Å². The topological polar surface area (TPSA) is 40.6 Å². The van der Waals surface area contributed by atoms with Crippen LogP contribution in [0.5, 0.6) is 17.4 Å². The molecule has 0 N–H and O–H groups in total. The summed E-state index contributed by atoms with van der Waals surface area (Å²) < 4.78 is 38.2. The summed E-state index contributed by atoms with van der Waals surface area (Å²) in [6, 6.07) is 1.27. The Morgan fingerprint density at radius 3 is 2.40 bits per heavy atom. The van der Waals surface area contributed by atoms with E-state index in [0.29, 0.717) is 4.60 Å². The molecule has 0 radical (unpaired) electrons. The molecular weight excluding hydrogens is 276 g/mol. The van der Waals surface area contributed by atoms with E-state index in [1.807, 2.05) is 0 Å². The van der Waals surface area contributed by atoms with Gasteiger partial charge in [0.2, 0.25) is 0 Å². The van der Waals surface area contributed by atoms with Gasteiger partial charge in [-0.3, -0.25) is 0 Å². The molecule has 1 aromatic rings. The maximum Gasteiger partial charge on any atom is 0.387 e. The maximum atomic E-state index is 12.0. The zero-order chi connectivity index (χ0) is 11.4. The molecule has 0 unspecified atom stereocenters. The van der Waals surface area contributed by atoms with Gasteiger partial charge in [-0.2, -0.15) is 13.8 Å². The molecule has 1 aromatic heterocycles. The molecule has 0 spiro atoms. The molecule has 7 heteroatoms. The van der Waals surface area contributed by atoms with Gasteiger partial charge < -0.3 is 14.2 Å². The van der Waals surface area contributed by atoms with Crippen LogP contribution in [0.1, 0.15) is 0 Å². The molecule has 15 heavy (non-hydrogen) atoms. The Hall–Kier alpha value is -1.11. The summed E-state index contributed by atoms with van der Waals surface area (Å²) in [5, 5.41) is 0. The molecule has 1 heterocycles. The van der Waals surface area contributed by atoms with Crippen LogP contribution in [0.3, 0.4) is 0 Å². The van der Waals surface area contributed by atoms with Crippen LogP contribution in [0.15, 0.2) is 10.7 Å². The summed E-state index contributed by atoms with van der Waals surface area (Å²) in [6.45, 7) is -2.94. The average molecular weight is 284 g/mol. The van der Waals surface area contributed by atoms with Crippen LogP contribution in [0.4, 0.5) is 8.78 Å². The normalized spacial score (nSPS) is 10.3. The Morgan fingerprint density at radius 1 is 1.27 bits per heavy atom. The number of hydrogen-bond donors (Lipinski definition) is 0. The SMILES string of the molecule is COc1cc(OC(F)F)c(OC)nc1Br. The first kappa shape index (κ1) is 12.0. The quantitative estimate of drug-likeness (QED) is 0.796. The Morgan fingerprint density at radius 2 is 1.93 bits per heavy atom. The molecular formula is C8H8BrF2NO3. The minimum atomic E-state index is -2.94. The summed E-state index contributed by atoms with van der Waals surface area (Å²) in [5.41, 5.74) is 0. The molecule has 0 atom stereocenters. The van der Waals surface area contributed by atoms with E-state index in [2.05, 4.69) is 25.7 Å². The largest absolute Gasteiger partial charge is 0.494 e. The summed E-state index contributed by atoms with van der Waals surface area (Å²) in [5.74, 6) is 0.0713. The summed E-state index contributed by atoms with van der Waals surface area (Å²) in [4.78, 5) is 3.83. The van der Waals surface area contributed by atoms with Gasteiger partial charge in [-0.1, -0.05) is 0 Å². The second-order valence-corrected chi connectivity index (χ2v) is 3.12. The number of hydrogen-bond acceptors (Lipinski definition) is 4. The van der Waals surface area contributed by atoms with E-state index in [1.165, 1.54) is 20.3 Å². The number of ether oxygens (including phenoxy) is 3. The first-order valence-corrected chi connectivity index (χ1v) is 4.61. The van der Waals surface area contributed by atoms with Crippen molar-refractivity contribution >= 4 is 15.9 Å². The van der Waals surface area contributed by atoms with E-state index in [-0.39, 0.29) is 17.4 Å². The Kier molecular flexibility index (Phi) is 4.07. The average Bonchev–Trinajstić information content (AvgIpc) is 2.19. The summed E-state index contributed by atoms with van der Waals surface area (Å²) >= 11 is 3.09. The Bertz CT molecular complexity index is 349. The van der Waals surface area contributed by atoms with E-state index in [4.69, 9.17) is 9.47 Å². The molecule has 0 saturated carbocycles. The second kappa shape index (κ2) is 5.11. The van der Waals surface area contributed by atoms with Crippen LogP contribution in [-0.2, 0) is 0 Å². The van der Waals surface area contributed by atoms with Gasteiger partial charge in [0.25, 0.3) is 5.88 Å². The molecule has 0 aliphatic heterocycles. The zero-order valence-corrected chi connectivity index (χ0v) is 9.55. The molecule has 0 aromatic carbocycles. The number of nitrogens with zero attached hydrogens (tertiary/aromatic N) is 1. The highest BCUT2D eigenvalue weighted by molar-refractivity contribution is 9.10. The van der Waals surface area contributed by atoms with Gasteiger partial charge >= 0.3 is 6.61 Å². The summed E-state index contributed by atoms with van der Waals surface area (Å²) in [7, 11) is 2.69. The predicted octanol–water partition coefficient (Wildman–Crippen LogP) is 2.46. The molecule has 4 nitrogen and oxygen atoms in total. The lowest BCUT2D eigenvalue weighted by Crippen LogP contribution is -2.05. The van der Waals surface area contributed by atoms with Crippen LogP contribution in [0.2, 0.25) is 0 Å². The van der Waals surface area contributed by atoms with Crippen molar-refractivity contribution in [2.75, 3.05) is 14.2 Å². The third-order valence-electron chi connectivity index (χ3n) is 1.51. The fourth-order valence-corrected chi connectivity index (χ4v) is 1.35. The lowest BCUT2D eigenvalue weighted by atomic mass is 10.4. The lowest BCUT2D eigenvalue weighted by molar-refractivity contribution is -0.0517. The van der Waals surface area contributed by atoms with E-state index >= 15 is 0 Å². The van der Waals surface area contributed by atoms with Gasteiger partial charge in [0.15, 0.2) is 16.1 Å². The monoisotopic (exact) mass is 283 g/mol. The minimum Gasteiger partial charge on any atom is -0.494 e. The fraction of sp³-hybridized carbons (Fsp3) is 0.375. The van der Waals surface area contributed by atoms with Crippen LogP contribution in [-0.4, -0.2) is 25.8 Å². The standard InChI is InChI=1S/C8H8BrF2NO3/c1-13-4-3-5(15-8(10)11)7(14-2)12-6(4)9/h3,8H,1-2H3. The van der Waals surface area contributed by atoms with Gasteiger partial charge in [-0.25, -0.2) is 0 Å². The number of rotatable bonds is 4. The van der Waals surface area contributed by atoms with Gasteiger partial charge in [0.1, 0.15) is 0 Å². The van der Waals surface area contributed by atoms with Crippen LogP contribution >= 0.6 is 15.9 Å². The van der Waals surface area contributed by atoms with Crippen molar-refractivity contribution in [3.63, 3.8) is 0 Å². The maximum absolute atomic E-state index is 12.0. The number of halogens is 3. The van der Waals surface area contributed by atoms with Crippen LogP contribution < -0.4 is 14.2 Å². The summed E-state index contributed by atoms with van der Waals surface area (Å²) in [6.07, 6.45) is 0. The second-order valence-electron chi connectivity index (χ2n) is 2.37. The number of alkyl halides is 2. The highest BCUT2D eigenvalue weighted by atomic mass is 79.9. The van der Waals surface area contributed by atoms with Gasteiger partial charge in [-0.15, -0.1) is 0 Å². The molecule has 0 aliphatic carbocycles. The van der Waals surface area contributed by atoms with Crippen molar-refractivity contribution in [3.8, 4) is 17.4 Å². The van der Waals surface area contributed by atoms with Crippen molar-refractivity contribution in [1.29, 1.82) is 0 Å². The van der Waals surface area contributed by atoms with E-state index in [0.717, 1.165) is 0 Å². The number of aromatic nitrogens is 1. The van der Waals surface area contributed by atoms with Gasteiger partial charge in [0, 0.05) is 6.07 Å². The first-order chi connectivity index (χ1) is 7.08. The van der Waals surface area contributed by atoms with Crippen molar-refractivity contribution in [3.05, 3.63) is 10.7 Å². The molecule has 84 valence electrons. The van der Waals surface area contributed by atoms with Crippen molar-refractivity contribution in [2.45, 2.75) is 6.61 Å². The smallest absolute Gasteiger partial charge is 0.387 e. The lowest BCUT2D eigenvalue weighted by Gasteiger charge is -2.11. The van der Waals surface area contributed by atoms with Crippen molar-refractivity contribution < 1.29 is 23.0 Å². The molecule has 0 saturated heterocycles. The van der Waals surface area contributed by atoms with Crippen LogP contribution in [0.25, 0.3) is 0 Å². The fourth-order valence-electron chi connectivity index (χ4n) is 0.909. The van der Waals surface area contributed by atoms with Crippen LogP contribution in [0, 0.1) is 0 Å². The van der Waals surface area contributed by atoms with E-state index in [9.17, 15) is 8.78 Å². The van der Waals surface area contributed by atoms with Crippen molar-refractivity contribution in [2.24, 2.45) is 0 Å². The minimum absolute atomic E-state index is 0.0389. The Balaban J connectivity index is 3.10. The third kappa shape index (κ3) is 2.92. The molecule has 0 bridgehead atoms. The molecule has 1 rings (SSSR count). The predicted molar refractivity (Wildman–Crippen MR) is 51.7 cm³/mol. The van der Waals surface area contributed by atoms with E-state index in [1.54, 1.807) is 0 Å². The first-order valence-electron chi connectivity index (χ1n) is 3.81. The van der Waals surface area contributed by atoms with Gasteiger partial charge in [-0.05, 0) is 15.9 Å². The molecule has 0 amide bonds. The van der Waals surface area contributed by atoms with Gasteiger partial charge in [0.05, 0.1) is 14.2 Å². The molecule has 0 fully saturated rings. The highest BCUT2D eigenvalue weighted by Crippen LogP contribution is 2.35. The zero-order valence-electron chi connectivity index (χ0n) is 7.96. The number of methoxy groups -OCH3 is 2.